The van der Waals surface area contributed by atoms with Gasteiger partial charge in [0.25, 0.3) is 0 Å². The molecule has 1 aromatic heterocycles. The molecule has 3 rings (SSSR count). The number of allylic oxidation sites excluding steroid dienone is 1. The fourth-order valence-electron chi connectivity index (χ4n) is 3.49. The van der Waals surface area contributed by atoms with Crippen LogP contribution in [0.3, 0.4) is 0 Å². The molecule has 0 saturated heterocycles. The largest absolute Gasteiger partial charge is 0.496 e. The molecular formula is C20H25N3O2. The Morgan fingerprint density at radius 3 is 3.04 bits per heavy atom. The zero-order valence-electron chi connectivity index (χ0n) is 15.1. The number of nitrogens with zero attached hydrogens (tertiary/aromatic N) is 2. The first-order valence-electron chi connectivity index (χ1n) is 8.69. The summed E-state index contributed by atoms with van der Waals surface area (Å²) in [7, 11) is 3.62. The second-order valence-electron chi connectivity index (χ2n) is 6.60. The molecule has 1 N–H and O–H groups in total. The molecule has 1 heterocycles. The summed E-state index contributed by atoms with van der Waals surface area (Å²) in [4.78, 5) is 12.4. The van der Waals surface area contributed by atoms with Gasteiger partial charge < -0.3 is 10.1 Å². The summed E-state index contributed by atoms with van der Waals surface area (Å²) < 4.78 is 7.29. The average Bonchev–Trinajstić information content (AvgIpc) is 2.97. The van der Waals surface area contributed by atoms with Gasteiger partial charge in [0, 0.05) is 24.4 Å². The topological polar surface area (TPSA) is 56.1 Å². The molecule has 0 radical (unpaired) electrons. The second kappa shape index (κ2) is 7.55. The molecule has 1 amide bonds. The van der Waals surface area contributed by atoms with Crippen molar-refractivity contribution >= 4 is 5.91 Å². The van der Waals surface area contributed by atoms with E-state index < -0.39 is 0 Å². The van der Waals surface area contributed by atoms with Crippen molar-refractivity contribution in [3.63, 3.8) is 0 Å². The molecule has 0 saturated carbocycles. The molecule has 0 unspecified atom stereocenters. The Morgan fingerprint density at radius 2 is 2.24 bits per heavy atom. The van der Waals surface area contributed by atoms with Crippen LogP contribution in [0.2, 0.25) is 0 Å². The lowest BCUT2D eigenvalue weighted by atomic mass is 9.93. The number of benzene rings is 1. The zero-order valence-corrected chi connectivity index (χ0v) is 15.1. The van der Waals surface area contributed by atoms with Gasteiger partial charge in [0.05, 0.1) is 19.3 Å². The highest BCUT2D eigenvalue weighted by Crippen LogP contribution is 2.29. The molecule has 1 aliphatic carbocycles. The van der Waals surface area contributed by atoms with E-state index >= 15 is 0 Å². The van der Waals surface area contributed by atoms with Gasteiger partial charge in [0.2, 0.25) is 5.91 Å². The molecule has 132 valence electrons. The monoisotopic (exact) mass is 339 g/mol. The minimum atomic E-state index is -0.0471. The normalized spacial score (nSPS) is 17.1. The SMILES string of the molecule is COc1ccccc1C/C(C)=C\C(=O)N[C@@H]1CCCc2c1cnn2C. The number of methoxy groups -OCH3 is 1. The minimum absolute atomic E-state index is 0.0471. The van der Waals surface area contributed by atoms with Gasteiger partial charge in [-0.1, -0.05) is 23.8 Å². The van der Waals surface area contributed by atoms with E-state index in [-0.39, 0.29) is 11.9 Å². The molecule has 5 heteroatoms. The van der Waals surface area contributed by atoms with Crippen LogP contribution in [0.5, 0.6) is 5.75 Å². The van der Waals surface area contributed by atoms with Crippen LogP contribution in [-0.4, -0.2) is 22.8 Å². The Kier molecular flexibility index (Phi) is 5.22. The summed E-state index contributed by atoms with van der Waals surface area (Å²) in [6, 6.07) is 7.95. The average molecular weight is 339 g/mol. The lowest BCUT2D eigenvalue weighted by Crippen LogP contribution is -2.29. The molecule has 5 nitrogen and oxygen atoms in total. The van der Waals surface area contributed by atoms with Crippen molar-refractivity contribution in [2.24, 2.45) is 7.05 Å². The van der Waals surface area contributed by atoms with Crippen LogP contribution >= 0.6 is 0 Å². The summed E-state index contributed by atoms with van der Waals surface area (Å²) in [5.74, 6) is 0.803. The van der Waals surface area contributed by atoms with E-state index in [1.54, 1.807) is 13.2 Å². The molecule has 0 bridgehead atoms. The maximum absolute atomic E-state index is 12.4. The van der Waals surface area contributed by atoms with E-state index in [2.05, 4.69) is 10.4 Å². The van der Waals surface area contributed by atoms with E-state index in [4.69, 9.17) is 4.74 Å². The minimum Gasteiger partial charge on any atom is -0.496 e. The van der Waals surface area contributed by atoms with Crippen molar-refractivity contribution in [3.05, 3.63) is 58.9 Å². The number of fused-ring (bicyclic) bond motifs is 1. The highest BCUT2D eigenvalue weighted by molar-refractivity contribution is 5.88. The third-order valence-corrected chi connectivity index (χ3v) is 4.73. The van der Waals surface area contributed by atoms with E-state index in [1.807, 2.05) is 49.1 Å². The van der Waals surface area contributed by atoms with Crippen molar-refractivity contribution in [3.8, 4) is 5.75 Å². The number of carbonyl (C=O) groups excluding carboxylic acids is 1. The highest BCUT2D eigenvalue weighted by atomic mass is 16.5. The molecule has 0 fully saturated rings. The smallest absolute Gasteiger partial charge is 0.244 e. The number of para-hydroxylation sites is 1. The summed E-state index contributed by atoms with van der Waals surface area (Å²) in [6.45, 7) is 1.97. The fourth-order valence-corrected chi connectivity index (χ4v) is 3.49. The third-order valence-electron chi connectivity index (χ3n) is 4.73. The quantitative estimate of drug-likeness (QED) is 0.852. The van der Waals surface area contributed by atoms with Gasteiger partial charge in [-0.2, -0.15) is 5.10 Å². The molecule has 1 aromatic carbocycles. The van der Waals surface area contributed by atoms with Crippen LogP contribution in [0.25, 0.3) is 0 Å². The van der Waals surface area contributed by atoms with Gasteiger partial charge in [0.15, 0.2) is 0 Å². The van der Waals surface area contributed by atoms with Crippen LogP contribution in [0.1, 0.15) is 42.6 Å². The van der Waals surface area contributed by atoms with Crippen LogP contribution in [0.4, 0.5) is 0 Å². The standard InChI is InChI=1S/C20H25N3O2/c1-14(11-15-7-4-5-10-19(15)25-3)12-20(24)22-17-8-6-9-18-16(17)13-21-23(18)2/h4-5,7,10,12-13,17H,6,8-9,11H2,1-3H3,(H,22,24)/b14-12-/t17-/m1/s1. The lowest BCUT2D eigenvalue weighted by Gasteiger charge is -2.23. The molecule has 0 aliphatic heterocycles. The third kappa shape index (κ3) is 3.92. The Balaban J connectivity index is 1.67. The first-order valence-corrected chi connectivity index (χ1v) is 8.69. The number of nitrogens with one attached hydrogen (secondary N) is 1. The van der Waals surface area contributed by atoms with Gasteiger partial charge in [-0.15, -0.1) is 0 Å². The number of hydrogen-bond acceptors (Lipinski definition) is 3. The molecule has 1 atom stereocenters. The van der Waals surface area contributed by atoms with Crippen LogP contribution in [-0.2, 0) is 24.7 Å². The number of carbonyl (C=O) groups is 1. The maximum atomic E-state index is 12.4. The Morgan fingerprint density at radius 1 is 1.44 bits per heavy atom. The molecule has 25 heavy (non-hydrogen) atoms. The Bertz CT molecular complexity index is 792. The number of rotatable bonds is 5. The van der Waals surface area contributed by atoms with Crippen molar-refractivity contribution in [2.45, 2.75) is 38.6 Å². The van der Waals surface area contributed by atoms with E-state index in [0.717, 1.165) is 41.7 Å². The Hall–Kier alpha value is -2.56. The number of hydrogen-bond donors (Lipinski definition) is 1. The van der Waals surface area contributed by atoms with E-state index in [0.29, 0.717) is 6.42 Å². The molecular weight excluding hydrogens is 314 g/mol. The summed E-state index contributed by atoms with van der Waals surface area (Å²) >= 11 is 0. The van der Waals surface area contributed by atoms with Gasteiger partial charge in [0.1, 0.15) is 5.75 Å². The van der Waals surface area contributed by atoms with E-state index in [1.165, 1.54) is 5.69 Å². The number of amides is 1. The Labute approximate surface area is 148 Å². The van der Waals surface area contributed by atoms with E-state index in [9.17, 15) is 4.79 Å². The van der Waals surface area contributed by atoms with Crippen LogP contribution < -0.4 is 10.1 Å². The number of aromatic nitrogens is 2. The fraction of sp³-hybridized carbons (Fsp3) is 0.400. The van der Waals surface area contributed by atoms with Crippen LogP contribution in [0, 0.1) is 0 Å². The summed E-state index contributed by atoms with van der Waals surface area (Å²) in [5, 5.41) is 7.46. The van der Waals surface area contributed by atoms with Crippen molar-refractivity contribution in [1.82, 2.24) is 15.1 Å². The van der Waals surface area contributed by atoms with Crippen LogP contribution in [0.15, 0.2) is 42.1 Å². The number of aryl methyl sites for hydroxylation is 1. The first-order chi connectivity index (χ1) is 12.1. The second-order valence-corrected chi connectivity index (χ2v) is 6.60. The predicted octanol–water partition coefficient (Wildman–Crippen LogP) is 3.11. The van der Waals surface area contributed by atoms with Crippen molar-refractivity contribution < 1.29 is 9.53 Å². The highest BCUT2D eigenvalue weighted by Gasteiger charge is 2.24. The molecule has 2 aromatic rings. The van der Waals surface area contributed by atoms with Gasteiger partial charge in [-0.25, -0.2) is 0 Å². The van der Waals surface area contributed by atoms with Gasteiger partial charge in [-0.3, -0.25) is 9.48 Å². The predicted molar refractivity (Wildman–Crippen MR) is 97.5 cm³/mol. The van der Waals surface area contributed by atoms with Gasteiger partial charge >= 0.3 is 0 Å². The summed E-state index contributed by atoms with van der Waals surface area (Å²) in [5.41, 5.74) is 4.46. The summed E-state index contributed by atoms with van der Waals surface area (Å²) in [6.07, 6.45) is 7.33. The van der Waals surface area contributed by atoms with Crippen molar-refractivity contribution in [2.75, 3.05) is 7.11 Å². The first kappa shape index (κ1) is 17.3. The number of ether oxygens (including phenoxy) is 1. The van der Waals surface area contributed by atoms with Crippen molar-refractivity contribution in [1.29, 1.82) is 0 Å². The maximum Gasteiger partial charge on any atom is 0.244 e. The molecule has 0 spiro atoms. The van der Waals surface area contributed by atoms with Gasteiger partial charge in [-0.05, 0) is 44.2 Å². The lowest BCUT2D eigenvalue weighted by molar-refractivity contribution is -0.117. The molecule has 1 aliphatic rings. The zero-order chi connectivity index (χ0) is 17.8.